The maximum absolute atomic E-state index is 2.60. The maximum atomic E-state index is 2.60. The zero-order chi connectivity index (χ0) is 13.8. The van der Waals surface area contributed by atoms with E-state index in [1.807, 2.05) is 0 Å². The van der Waals surface area contributed by atoms with Gasteiger partial charge in [0, 0.05) is 13.1 Å². The second-order valence-corrected chi connectivity index (χ2v) is 5.73. The molecule has 1 heteroatoms. The Labute approximate surface area is 122 Å². The first-order chi connectivity index (χ1) is 9.88. The molecule has 0 unspecified atom stereocenters. The van der Waals surface area contributed by atoms with E-state index in [9.17, 15) is 0 Å². The minimum atomic E-state index is 1.08. The molecule has 1 aliphatic heterocycles. The van der Waals surface area contributed by atoms with E-state index in [1.54, 1.807) is 0 Å². The van der Waals surface area contributed by atoms with Gasteiger partial charge in [0.2, 0.25) is 0 Å². The third-order valence-electron chi connectivity index (χ3n) is 4.19. The van der Waals surface area contributed by atoms with Gasteiger partial charge in [-0.05, 0) is 35.2 Å². The van der Waals surface area contributed by atoms with Crippen LogP contribution >= 0.6 is 0 Å². The molecule has 0 N–H and O–H groups in total. The van der Waals surface area contributed by atoms with Gasteiger partial charge in [0.15, 0.2) is 0 Å². The van der Waals surface area contributed by atoms with Crippen LogP contribution in [0.15, 0.2) is 48.5 Å². The van der Waals surface area contributed by atoms with Crippen LogP contribution in [-0.4, -0.2) is 11.4 Å². The Bertz CT molecular complexity index is 526. The van der Waals surface area contributed by atoms with Crippen molar-refractivity contribution in [2.75, 3.05) is 6.54 Å². The molecule has 1 nitrogen and oxygen atoms in total. The molecule has 0 bridgehead atoms. The largest absolute Gasteiger partial charge is 0.295 e. The lowest BCUT2D eigenvalue weighted by atomic mass is 9.97. The van der Waals surface area contributed by atoms with Crippen LogP contribution in [0.3, 0.4) is 0 Å². The number of rotatable bonds is 4. The van der Waals surface area contributed by atoms with Crippen molar-refractivity contribution >= 4 is 0 Å². The van der Waals surface area contributed by atoms with Gasteiger partial charge in [-0.2, -0.15) is 0 Å². The molecule has 1 heterocycles. The van der Waals surface area contributed by atoms with Crippen LogP contribution < -0.4 is 0 Å². The summed E-state index contributed by atoms with van der Waals surface area (Å²) in [6.07, 6.45) is 3.93. The second kappa shape index (κ2) is 6.23. The van der Waals surface area contributed by atoms with Crippen LogP contribution in [0.5, 0.6) is 0 Å². The van der Waals surface area contributed by atoms with Gasteiger partial charge >= 0.3 is 0 Å². The molecule has 0 spiro atoms. The molecule has 1 aliphatic rings. The van der Waals surface area contributed by atoms with Crippen LogP contribution in [0.25, 0.3) is 11.1 Å². The Balaban J connectivity index is 1.92. The van der Waals surface area contributed by atoms with Gasteiger partial charge in [-0.15, -0.1) is 0 Å². The Morgan fingerprint density at radius 2 is 1.35 bits per heavy atom. The molecule has 104 valence electrons. The predicted molar refractivity (Wildman–Crippen MR) is 85.5 cm³/mol. The standard InChI is InChI=1S/C19H23N/c1-2-3-8-13-20-14-16-9-4-6-11-18(16)19-12-7-5-10-17(19)15-20/h4-7,9-12H,2-3,8,13-15H2,1H3. The fraction of sp³-hybridized carbons (Fsp3) is 0.368. The van der Waals surface area contributed by atoms with Crippen molar-refractivity contribution in [3.05, 3.63) is 59.7 Å². The molecule has 0 fully saturated rings. The number of benzene rings is 2. The molecular weight excluding hydrogens is 242 g/mol. The Morgan fingerprint density at radius 1 is 0.800 bits per heavy atom. The topological polar surface area (TPSA) is 3.24 Å². The van der Waals surface area contributed by atoms with Gasteiger partial charge in [0.25, 0.3) is 0 Å². The summed E-state index contributed by atoms with van der Waals surface area (Å²) in [5.74, 6) is 0. The summed E-state index contributed by atoms with van der Waals surface area (Å²) in [6.45, 7) is 5.63. The van der Waals surface area contributed by atoms with Crippen LogP contribution in [0.2, 0.25) is 0 Å². The summed E-state index contributed by atoms with van der Waals surface area (Å²) < 4.78 is 0. The predicted octanol–water partition coefficient (Wildman–Crippen LogP) is 4.86. The summed E-state index contributed by atoms with van der Waals surface area (Å²) in [6, 6.07) is 17.7. The quantitative estimate of drug-likeness (QED) is 0.714. The van der Waals surface area contributed by atoms with Gasteiger partial charge < -0.3 is 0 Å². The molecule has 0 amide bonds. The summed E-state index contributed by atoms with van der Waals surface area (Å²) in [5.41, 5.74) is 5.77. The number of nitrogens with zero attached hydrogens (tertiary/aromatic N) is 1. The average molecular weight is 265 g/mol. The SMILES string of the molecule is CCCCCN1Cc2ccccc2-c2ccccc2C1. The van der Waals surface area contributed by atoms with Crippen LogP contribution in [-0.2, 0) is 13.1 Å². The van der Waals surface area contributed by atoms with E-state index in [2.05, 4.69) is 60.4 Å². The Morgan fingerprint density at radius 3 is 1.90 bits per heavy atom. The molecule has 20 heavy (non-hydrogen) atoms. The van der Waals surface area contributed by atoms with Crippen molar-refractivity contribution in [1.82, 2.24) is 4.90 Å². The third-order valence-corrected chi connectivity index (χ3v) is 4.19. The van der Waals surface area contributed by atoms with Crippen molar-refractivity contribution in [3.63, 3.8) is 0 Å². The van der Waals surface area contributed by atoms with Crippen molar-refractivity contribution in [2.45, 2.75) is 39.3 Å². The summed E-state index contributed by atoms with van der Waals surface area (Å²) in [5, 5.41) is 0. The molecule has 0 aliphatic carbocycles. The second-order valence-electron chi connectivity index (χ2n) is 5.73. The third kappa shape index (κ3) is 2.78. The van der Waals surface area contributed by atoms with Crippen molar-refractivity contribution in [2.24, 2.45) is 0 Å². The summed E-state index contributed by atoms with van der Waals surface area (Å²) >= 11 is 0. The number of unbranched alkanes of at least 4 members (excludes halogenated alkanes) is 2. The van der Waals surface area contributed by atoms with E-state index < -0.39 is 0 Å². The smallest absolute Gasteiger partial charge is 0.0243 e. The summed E-state index contributed by atoms with van der Waals surface area (Å²) in [7, 11) is 0. The minimum Gasteiger partial charge on any atom is -0.295 e. The lowest BCUT2D eigenvalue weighted by Crippen LogP contribution is -2.23. The molecule has 2 aromatic rings. The monoisotopic (exact) mass is 265 g/mol. The summed E-state index contributed by atoms with van der Waals surface area (Å²) in [4.78, 5) is 2.60. The van der Waals surface area contributed by atoms with E-state index in [-0.39, 0.29) is 0 Å². The highest BCUT2D eigenvalue weighted by Crippen LogP contribution is 2.32. The van der Waals surface area contributed by atoms with E-state index >= 15 is 0 Å². The normalized spacial score (nSPS) is 14.4. The molecule has 0 atom stereocenters. The zero-order valence-electron chi connectivity index (χ0n) is 12.3. The van der Waals surface area contributed by atoms with Gasteiger partial charge in [-0.3, -0.25) is 4.90 Å². The van der Waals surface area contributed by atoms with Gasteiger partial charge in [0.05, 0.1) is 0 Å². The van der Waals surface area contributed by atoms with Crippen LogP contribution in [0.1, 0.15) is 37.3 Å². The fourth-order valence-electron chi connectivity index (χ4n) is 3.12. The van der Waals surface area contributed by atoms with Gasteiger partial charge in [-0.1, -0.05) is 68.3 Å². The first kappa shape index (κ1) is 13.4. The van der Waals surface area contributed by atoms with E-state index in [1.165, 1.54) is 48.1 Å². The van der Waals surface area contributed by atoms with E-state index in [0.29, 0.717) is 0 Å². The molecule has 3 rings (SSSR count). The molecule has 0 radical (unpaired) electrons. The molecule has 0 saturated heterocycles. The fourth-order valence-corrected chi connectivity index (χ4v) is 3.12. The first-order valence-electron chi connectivity index (χ1n) is 7.77. The molecular formula is C19H23N. The van der Waals surface area contributed by atoms with Crippen LogP contribution in [0, 0.1) is 0 Å². The number of hydrogen-bond donors (Lipinski definition) is 0. The lowest BCUT2D eigenvalue weighted by Gasteiger charge is -2.20. The molecule has 0 saturated carbocycles. The van der Waals surface area contributed by atoms with E-state index in [4.69, 9.17) is 0 Å². The Hall–Kier alpha value is -1.60. The number of hydrogen-bond acceptors (Lipinski definition) is 1. The highest BCUT2D eigenvalue weighted by atomic mass is 15.1. The zero-order valence-corrected chi connectivity index (χ0v) is 12.3. The molecule has 2 aromatic carbocycles. The van der Waals surface area contributed by atoms with Gasteiger partial charge in [-0.25, -0.2) is 0 Å². The number of fused-ring (bicyclic) bond motifs is 3. The van der Waals surface area contributed by atoms with Crippen molar-refractivity contribution < 1.29 is 0 Å². The first-order valence-corrected chi connectivity index (χ1v) is 7.77. The Kier molecular flexibility index (Phi) is 4.17. The highest BCUT2D eigenvalue weighted by Gasteiger charge is 2.17. The van der Waals surface area contributed by atoms with Crippen molar-refractivity contribution in [3.8, 4) is 11.1 Å². The lowest BCUT2D eigenvalue weighted by molar-refractivity contribution is 0.254. The highest BCUT2D eigenvalue weighted by molar-refractivity contribution is 5.71. The average Bonchev–Trinajstić information content (AvgIpc) is 2.64. The van der Waals surface area contributed by atoms with Crippen molar-refractivity contribution in [1.29, 1.82) is 0 Å². The molecule has 0 aromatic heterocycles. The van der Waals surface area contributed by atoms with Gasteiger partial charge in [0.1, 0.15) is 0 Å². The maximum Gasteiger partial charge on any atom is 0.0243 e. The van der Waals surface area contributed by atoms with Crippen LogP contribution in [0.4, 0.5) is 0 Å². The van der Waals surface area contributed by atoms with E-state index in [0.717, 1.165) is 13.1 Å². The minimum absolute atomic E-state index is 1.08.